The number of benzene rings is 2. The Bertz CT molecular complexity index is 970. The van der Waals surface area contributed by atoms with Gasteiger partial charge in [-0.1, -0.05) is 12.1 Å². The number of esters is 1. The predicted octanol–water partition coefficient (Wildman–Crippen LogP) is 3.63. The number of nitrogens with zero attached hydrogens (tertiary/aromatic N) is 1. The summed E-state index contributed by atoms with van der Waals surface area (Å²) in [4.78, 5) is 39.2. The summed E-state index contributed by atoms with van der Waals surface area (Å²) < 4.78 is 10.7. The van der Waals surface area contributed by atoms with Gasteiger partial charge in [0.1, 0.15) is 5.75 Å². The molecule has 1 fully saturated rings. The van der Waals surface area contributed by atoms with E-state index in [1.54, 1.807) is 29.2 Å². The smallest absolute Gasteiger partial charge is 0.312 e. The Morgan fingerprint density at radius 3 is 2.55 bits per heavy atom. The summed E-state index contributed by atoms with van der Waals surface area (Å²) in [5.41, 5.74) is 3.47. The Balaban J connectivity index is 1.57. The number of ether oxygens (including phenoxy) is 2. The van der Waals surface area contributed by atoms with Crippen LogP contribution in [0.15, 0.2) is 42.5 Å². The van der Waals surface area contributed by atoms with Gasteiger partial charge in [-0.2, -0.15) is 0 Å². The lowest BCUT2D eigenvalue weighted by Gasteiger charge is -2.20. The van der Waals surface area contributed by atoms with Gasteiger partial charge in [-0.3, -0.25) is 14.4 Å². The second kappa shape index (κ2) is 9.64. The third-order valence-corrected chi connectivity index (χ3v) is 5.42. The molecule has 0 aliphatic carbocycles. The van der Waals surface area contributed by atoms with Gasteiger partial charge in [0.2, 0.25) is 5.91 Å². The number of aryl methyl sites for hydroxylation is 1. The largest absolute Gasteiger partial charge is 0.494 e. The van der Waals surface area contributed by atoms with Gasteiger partial charge in [0.25, 0.3) is 5.91 Å². The summed E-state index contributed by atoms with van der Waals surface area (Å²) >= 11 is 0. The first-order valence-corrected chi connectivity index (χ1v) is 10.4. The van der Waals surface area contributed by atoms with Gasteiger partial charge in [-0.15, -0.1) is 0 Å². The molecule has 2 atom stereocenters. The Kier molecular flexibility index (Phi) is 6.95. The Morgan fingerprint density at radius 1 is 1.16 bits per heavy atom. The zero-order chi connectivity index (χ0) is 22.5. The zero-order valence-electron chi connectivity index (χ0n) is 18.3. The first-order valence-electron chi connectivity index (χ1n) is 10.4. The maximum atomic E-state index is 12.6. The summed E-state index contributed by atoms with van der Waals surface area (Å²) in [5.74, 6) is -1.00. The molecule has 1 N–H and O–H groups in total. The van der Waals surface area contributed by atoms with Crippen LogP contribution in [0.4, 0.5) is 11.4 Å². The fourth-order valence-corrected chi connectivity index (χ4v) is 3.50. The normalized spacial score (nSPS) is 16.7. The lowest BCUT2D eigenvalue weighted by molar-refractivity contribution is -0.157. The first kappa shape index (κ1) is 22.3. The van der Waals surface area contributed by atoms with Crippen molar-refractivity contribution in [2.24, 2.45) is 5.92 Å². The maximum Gasteiger partial charge on any atom is 0.312 e. The fraction of sp³-hybridized carbons (Fsp3) is 0.375. The van der Waals surface area contributed by atoms with Crippen molar-refractivity contribution in [3.8, 4) is 5.75 Å². The van der Waals surface area contributed by atoms with Crippen LogP contribution in [0.5, 0.6) is 5.75 Å². The molecule has 31 heavy (non-hydrogen) atoms. The lowest BCUT2D eigenvalue weighted by Crippen LogP contribution is -2.33. The highest BCUT2D eigenvalue weighted by atomic mass is 16.5. The number of carbonyl (C=O) groups is 3. The molecule has 164 valence electrons. The monoisotopic (exact) mass is 424 g/mol. The van der Waals surface area contributed by atoms with Gasteiger partial charge in [0.15, 0.2) is 6.10 Å². The summed E-state index contributed by atoms with van der Waals surface area (Å²) in [6.45, 7) is 8.15. The van der Waals surface area contributed by atoms with E-state index in [1.807, 2.05) is 39.0 Å². The second-order valence-corrected chi connectivity index (χ2v) is 7.65. The summed E-state index contributed by atoms with van der Waals surface area (Å²) in [7, 11) is 0. The molecule has 0 bridgehead atoms. The van der Waals surface area contributed by atoms with Crippen LogP contribution < -0.4 is 15.0 Å². The molecule has 3 rings (SSSR count). The molecule has 1 saturated heterocycles. The Labute approximate surface area is 182 Å². The molecule has 1 heterocycles. The molecule has 2 amide bonds. The number of anilines is 2. The minimum absolute atomic E-state index is 0.0689. The molecule has 2 aromatic rings. The van der Waals surface area contributed by atoms with Crippen molar-refractivity contribution >= 4 is 29.2 Å². The average Bonchev–Trinajstić information content (AvgIpc) is 3.13. The number of hydrogen-bond donors (Lipinski definition) is 1. The van der Waals surface area contributed by atoms with Crippen molar-refractivity contribution < 1.29 is 23.9 Å². The maximum absolute atomic E-state index is 12.6. The van der Waals surface area contributed by atoms with Crippen molar-refractivity contribution in [2.75, 3.05) is 23.4 Å². The van der Waals surface area contributed by atoms with Crippen LogP contribution in [0.2, 0.25) is 0 Å². The molecular weight excluding hydrogens is 396 g/mol. The van der Waals surface area contributed by atoms with E-state index in [2.05, 4.69) is 5.32 Å². The highest BCUT2D eigenvalue weighted by molar-refractivity contribution is 6.01. The van der Waals surface area contributed by atoms with Gasteiger partial charge < -0.3 is 19.7 Å². The van der Waals surface area contributed by atoms with Gasteiger partial charge in [0, 0.05) is 24.3 Å². The van der Waals surface area contributed by atoms with E-state index in [4.69, 9.17) is 9.47 Å². The Morgan fingerprint density at radius 2 is 1.87 bits per heavy atom. The average molecular weight is 424 g/mol. The Hall–Kier alpha value is -3.35. The van der Waals surface area contributed by atoms with Gasteiger partial charge in [-0.05, 0) is 69.2 Å². The van der Waals surface area contributed by atoms with E-state index < -0.39 is 23.9 Å². The summed E-state index contributed by atoms with van der Waals surface area (Å²) in [5, 5.41) is 2.71. The minimum atomic E-state index is -0.982. The van der Waals surface area contributed by atoms with Crippen LogP contribution in [-0.4, -0.2) is 37.0 Å². The molecule has 1 aliphatic rings. The van der Waals surface area contributed by atoms with Crippen molar-refractivity contribution in [3.05, 3.63) is 53.6 Å². The molecular formula is C24H28N2O5. The van der Waals surface area contributed by atoms with E-state index >= 15 is 0 Å². The second-order valence-electron chi connectivity index (χ2n) is 7.65. The van der Waals surface area contributed by atoms with Crippen molar-refractivity contribution in [3.63, 3.8) is 0 Å². The first-order chi connectivity index (χ1) is 14.8. The van der Waals surface area contributed by atoms with Crippen LogP contribution in [0, 0.1) is 19.8 Å². The summed E-state index contributed by atoms with van der Waals surface area (Å²) in [6, 6.07) is 12.7. The minimum Gasteiger partial charge on any atom is -0.494 e. The topological polar surface area (TPSA) is 84.9 Å². The van der Waals surface area contributed by atoms with Gasteiger partial charge in [0.05, 0.1) is 12.5 Å². The number of carbonyl (C=O) groups excluding carboxylic acids is 3. The third kappa shape index (κ3) is 5.23. The molecule has 0 unspecified atom stereocenters. The predicted molar refractivity (Wildman–Crippen MR) is 118 cm³/mol. The van der Waals surface area contributed by atoms with E-state index in [0.29, 0.717) is 18.0 Å². The van der Waals surface area contributed by atoms with Crippen LogP contribution >= 0.6 is 0 Å². The highest BCUT2D eigenvalue weighted by Crippen LogP contribution is 2.30. The number of rotatable bonds is 7. The summed E-state index contributed by atoms with van der Waals surface area (Å²) in [6.07, 6.45) is -0.914. The lowest BCUT2D eigenvalue weighted by atomic mass is 10.1. The molecule has 0 saturated carbocycles. The van der Waals surface area contributed by atoms with Crippen LogP contribution in [0.3, 0.4) is 0 Å². The molecule has 1 aliphatic heterocycles. The molecule has 7 heteroatoms. The van der Waals surface area contributed by atoms with Gasteiger partial charge >= 0.3 is 5.97 Å². The van der Waals surface area contributed by atoms with Crippen LogP contribution in [0.1, 0.15) is 31.4 Å². The number of hydrogen-bond acceptors (Lipinski definition) is 5. The van der Waals surface area contributed by atoms with Crippen LogP contribution in [-0.2, 0) is 19.1 Å². The van der Waals surface area contributed by atoms with Crippen molar-refractivity contribution in [1.29, 1.82) is 0 Å². The SMILES string of the molecule is CCOc1ccc(NC(=O)[C@H](C)OC(=O)[C@H]2CC(=O)N(c3cccc(C)c3C)C2)cc1. The van der Waals surface area contributed by atoms with E-state index in [9.17, 15) is 14.4 Å². The van der Waals surface area contributed by atoms with Gasteiger partial charge in [-0.25, -0.2) is 0 Å². The molecule has 7 nitrogen and oxygen atoms in total. The molecule has 0 aromatic heterocycles. The quantitative estimate of drug-likeness (QED) is 0.686. The molecule has 0 radical (unpaired) electrons. The number of nitrogens with one attached hydrogen (secondary N) is 1. The molecule has 0 spiro atoms. The van der Waals surface area contributed by atoms with Crippen molar-refractivity contribution in [2.45, 2.75) is 40.2 Å². The van der Waals surface area contributed by atoms with Crippen LogP contribution in [0.25, 0.3) is 0 Å². The standard InChI is InChI=1S/C24H28N2O5/c1-5-30-20-11-9-19(10-12-20)25-23(28)17(4)31-24(29)18-13-22(27)26(14-18)21-8-6-7-15(2)16(21)3/h6-12,17-18H,5,13-14H2,1-4H3,(H,25,28)/t17-,18-/m0/s1. The highest BCUT2D eigenvalue weighted by Gasteiger charge is 2.37. The van der Waals surface area contributed by atoms with Crippen molar-refractivity contribution in [1.82, 2.24) is 0 Å². The fourth-order valence-electron chi connectivity index (χ4n) is 3.50. The van der Waals surface area contributed by atoms with E-state index in [0.717, 1.165) is 16.8 Å². The van der Waals surface area contributed by atoms with E-state index in [-0.39, 0.29) is 18.9 Å². The zero-order valence-corrected chi connectivity index (χ0v) is 18.3. The number of amides is 2. The molecule has 2 aromatic carbocycles. The van der Waals surface area contributed by atoms with E-state index in [1.165, 1.54) is 6.92 Å². The third-order valence-electron chi connectivity index (χ3n) is 5.42.